The zero-order chi connectivity index (χ0) is 13.3. The summed E-state index contributed by atoms with van der Waals surface area (Å²) in [6.07, 6.45) is 9.98. The summed E-state index contributed by atoms with van der Waals surface area (Å²) in [7, 11) is 0. The van der Waals surface area contributed by atoms with E-state index >= 15 is 0 Å². The maximum atomic E-state index is 6.09. The van der Waals surface area contributed by atoms with Gasteiger partial charge in [-0.3, -0.25) is 0 Å². The molecule has 0 aliphatic heterocycles. The van der Waals surface area contributed by atoms with Crippen LogP contribution in [0.1, 0.15) is 63.5 Å². The van der Waals surface area contributed by atoms with Crippen LogP contribution in [-0.4, -0.2) is 6.04 Å². The Hall–Kier alpha value is -0.530. The zero-order valence-corrected chi connectivity index (χ0v) is 12.5. The van der Waals surface area contributed by atoms with Crippen molar-refractivity contribution in [2.45, 2.75) is 64.0 Å². The van der Waals surface area contributed by atoms with E-state index < -0.39 is 0 Å². The SMILES string of the molecule is C[C@H](NC1CCC12CCCCC2)c1cccc(Cl)c1. The first-order valence-electron chi connectivity index (χ1n) is 7.71. The molecule has 2 aliphatic rings. The van der Waals surface area contributed by atoms with E-state index in [9.17, 15) is 0 Å². The summed E-state index contributed by atoms with van der Waals surface area (Å²) >= 11 is 6.09. The Morgan fingerprint density at radius 1 is 1.21 bits per heavy atom. The minimum absolute atomic E-state index is 0.405. The Kier molecular flexibility index (Phi) is 3.86. The third-order valence-electron chi connectivity index (χ3n) is 5.32. The highest BCUT2D eigenvalue weighted by Crippen LogP contribution is 2.52. The quantitative estimate of drug-likeness (QED) is 0.810. The van der Waals surface area contributed by atoms with Crippen LogP contribution in [0.15, 0.2) is 24.3 Å². The molecule has 1 unspecified atom stereocenters. The molecular weight excluding hydrogens is 254 g/mol. The van der Waals surface area contributed by atoms with Crippen LogP contribution in [0.25, 0.3) is 0 Å². The average molecular weight is 278 g/mol. The summed E-state index contributed by atoms with van der Waals surface area (Å²) in [5.41, 5.74) is 1.94. The molecule has 2 heteroatoms. The van der Waals surface area contributed by atoms with E-state index in [0.717, 1.165) is 11.1 Å². The molecule has 2 atom stereocenters. The number of halogens is 1. The van der Waals surface area contributed by atoms with Crippen LogP contribution in [0.2, 0.25) is 5.02 Å². The fourth-order valence-electron chi connectivity index (χ4n) is 3.99. The Morgan fingerprint density at radius 2 is 2.00 bits per heavy atom. The van der Waals surface area contributed by atoms with Crippen molar-refractivity contribution >= 4 is 11.6 Å². The summed E-state index contributed by atoms with van der Waals surface area (Å²) in [5, 5.41) is 4.70. The summed E-state index contributed by atoms with van der Waals surface area (Å²) in [6.45, 7) is 2.26. The first kappa shape index (κ1) is 13.5. The van der Waals surface area contributed by atoms with E-state index in [2.05, 4.69) is 24.4 Å². The number of nitrogens with one attached hydrogen (secondary N) is 1. The molecule has 3 rings (SSSR count). The molecule has 2 fully saturated rings. The smallest absolute Gasteiger partial charge is 0.0409 e. The minimum Gasteiger partial charge on any atom is -0.307 e. The van der Waals surface area contributed by atoms with Gasteiger partial charge in [0.15, 0.2) is 0 Å². The summed E-state index contributed by atoms with van der Waals surface area (Å²) in [6, 6.07) is 9.39. The van der Waals surface area contributed by atoms with Gasteiger partial charge in [0.05, 0.1) is 0 Å². The lowest BCUT2D eigenvalue weighted by Gasteiger charge is -2.53. The Morgan fingerprint density at radius 3 is 2.63 bits per heavy atom. The van der Waals surface area contributed by atoms with E-state index in [1.165, 1.54) is 50.5 Å². The third kappa shape index (κ3) is 2.68. The Labute approximate surface area is 121 Å². The lowest BCUT2D eigenvalue weighted by atomic mass is 9.57. The molecular formula is C17H24ClN. The molecule has 0 aromatic heterocycles. The molecule has 1 aromatic carbocycles. The van der Waals surface area contributed by atoms with Gasteiger partial charge >= 0.3 is 0 Å². The normalized spacial score (nSPS) is 26.9. The standard InChI is InChI=1S/C17H24ClN/c1-13(14-6-5-7-15(18)12-14)19-16-8-11-17(16)9-3-2-4-10-17/h5-7,12-13,16,19H,2-4,8-11H2,1H3/t13-,16?/m0/s1. The van der Waals surface area contributed by atoms with Crippen LogP contribution in [0, 0.1) is 5.41 Å². The molecule has 0 amide bonds. The van der Waals surface area contributed by atoms with Gasteiger partial charge in [0, 0.05) is 17.1 Å². The second kappa shape index (κ2) is 5.46. The van der Waals surface area contributed by atoms with E-state index in [0.29, 0.717) is 11.5 Å². The van der Waals surface area contributed by atoms with Gasteiger partial charge in [0.25, 0.3) is 0 Å². The third-order valence-corrected chi connectivity index (χ3v) is 5.55. The first-order valence-corrected chi connectivity index (χ1v) is 8.09. The van der Waals surface area contributed by atoms with Gasteiger partial charge < -0.3 is 5.32 Å². The van der Waals surface area contributed by atoms with Crippen molar-refractivity contribution in [2.24, 2.45) is 5.41 Å². The highest BCUT2D eigenvalue weighted by Gasteiger charge is 2.46. The highest BCUT2D eigenvalue weighted by molar-refractivity contribution is 6.30. The maximum absolute atomic E-state index is 6.09. The van der Waals surface area contributed by atoms with Crippen molar-refractivity contribution in [3.05, 3.63) is 34.9 Å². The van der Waals surface area contributed by atoms with Crippen LogP contribution in [0.3, 0.4) is 0 Å². The van der Waals surface area contributed by atoms with Crippen LogP contribution in [0.4, 0.5) is 0 Å². The molecule has 0 bridgehead atoms. The van der Waals surface area contributed by atoms with Gasteiger partial charge in [-0.25, -0.2) is 0 Å². The highest BCUT2D eigenvalue weighted by atomic mass is 35.5. The van der Waals surface area contributed by atoms with E-state index in [-0.39, 0.29) is 0 Å². The molecule has 0 heterocycles. The van der Waals surface area contributed by atoms with E-state index in [1.807, 2.05) is 12.1 Å². The number of hydrogen-bond acceptors (Lipinski definition) is 1. The number of rotatable bonds is 3. The van der Waals surface area contributed by atoms with Gasteiger partial charge in [0.1, 0.15) is 0 Å². The number of hydrogen-bond donors (Lipinski definition) is 1. The molecule has 104 valence electrons. The summed E-state index contributed by atoms with van der Waals surface area (Å²) < 4.78 is 0. The average Bonchev–Trinajstić information content (AvgIpc) is 2.44. The minimum atomic E-state index is 0.405. The molecule has 2 saturated carbocycles. The molecule has 2 aliphatic carbocycles. The monoisotopic (exact) mass is 277 g/mol. The van der Waals surface area contributed by atoms with Gasteiger partial charge in [0.2, 0.25) is 0 Å². The van der Waals surface area contributed by atoms with Gasteiger partial charge in [-0.15, -0.1) is 0 Å². The maximum Gasteiger partial charge on any atom is 0.0409 e. The largest absolute Gasteiger partial charge is 0.307 e. The fraction of sp³-hybridized carbons (Fsp3) is 0.647. The van der Waals surface area contributed by atoms with Crippen LogP contribution < -0.4 is 5.32 Å². The van der Waals surface area contributed by atoms with Crippen LogP contribution >= 0.6 is 11.6 Å². The second-order valence-electron chi connectivity index (χ2n) is 6.46. The van der Waals surface area contributed by atoms with Crippen molar-refractivity contribution in [1.29, 1.82) is 0 Å². The lowest BCUT2D eigenvalue weighted by Crippen LogP contribution is -2.54. The molecule has 0 radical (unpaired) electrons. The zero-order valence-electron chi connectivity index (χ0n) is 11.8. The predicted molar refractivity (Wildman–Crippen MR) is 81.5 cm³/mol. The van der Waals surface area contributed by atoms with Crippen molar-refractivity contribution < 1.29 is 0 Å². The van der Waals surface area contributed by atoms with E-state index in [1.54, 1.807) is 0 Å². The Balaban J connectivity index is 1.65. The second-order valence-corrected chi connectivity index (χ2v) is 6.89. The fourth-order valence-corrected chi connectivity index (χ4v) is 4.18. The van der Waals surface area contributed by atoms with Crippen molar-refractivity contribution in [3.63, 3.8) is 0 Å². The van der Waals surface area contributed by atoms with E-state index in [4.69, 9.17) is 11.6 Å². The van der Waals surface area contributed by atoms with Crippen molar-refractivity contribution in [3.8, 4) is 0 Å². The van der Waals surface area contributed by atoms with Gasteiger partial charge in [-0.1, -0.05) is 43.0 Å². The van der Waals surface area contributed by atoms with Gasteiger partial charge in [-0.05, 0) is 55.7 Å². The van der Waals surface area contributed by atoms with Crippen LogP contribution in [-0.2, 0) is 0 Å². The first-order chi connectivity index (χ1) is 9.20. The van der Waals surface area contributed by atoms with Crippen molar-refractivity contribution in [2.75, 3.05) is 0 Å². The lowest BCUT2D eigenvalue weighted by molar-refractivity contribution is 0.0174. The molecule has 1 nitrogen and oxygen atoms in total. The molecule has 1 aromatic rings. The van der Waals surface area contributed by atoms with Gasteiger partial charge in [-0.2, -0.15) is 0 Å². The molecule has 1 N–H and O–H groups in total. The van der Waals surface area contributed by atoms with Crippen molar-refractivity contribution in [1.82, 2.24) is 5.32 Å². The molecule has 0 saturated heterocycles. The Bertz CT molecular complexity index is 437. The predicted octanol–water partition coefficient (Wildman–Crippen LogP) is 5.10. The summed E-state index contributed by atoms with van der Waals surface area (Å²) in [4.78, 5) is 0. The molecule has 19 heavy (non-hydrogen) atoms. The number of benzene rings is 1. The topological polar surface area (TPSA) is 12.0 Å². The molecule has 1 spiro atoms. The summed E-state index contributed by atoms with van der Waals surface area (Å²) in [5.74, 6) is 0. The van der Waals surface area contributed by atoms with Crippen LogP contribution in [0.5, 0.6) is 0 Å².